The number of aromatic nitrogens is 1. The summed E-state index contributed by atoms with van der Waals surface area (Å²) in [7, 11) is 0. The van der Waals surface area contributed by atoms with Crippen LogP contribution in [0.4, 0.5) is 0 Å². The highest BCUT2D eigenvalue weighted by Crippen LogP contribution is 2.59. The predicted octanol–water partition coefficient (Wildman–Crippen LogP) is 2.54. The Hall–Kier alpha value is -1.23. The minimum absolute atomic E-state index is 0.378. The molecule has 2 bridgehead atoms. The number of hydrogen-bond donors (Lipinski definition) is 2. The van der Waals surface area contributed by atoms with Gasteiger partial charge in [-0.2, -0.15) is 0 Å². The van der Waals surface area contributed by atoms with Gasteiger partial charge < -0.3 is 15.2 Å². The molecule has 3 aliphatic carbocycles. The van der Waals surface area contributed by atoms with Crippen molar-refractivity contribution in [2.24, 2.45) is 17.3 Å². The number of ether oxygens (including phenoxy) is 1. The van der Waals surface area contributed by atoms with Crippen LogP contribution >= 0.6 is 0 Å². The highest BCUT2D eigenvalue weighted by atomic mass is 16.5. The van der Waals surface area contributed by atoms with Crippen LogP contribution in [-0.4, -0.2) is 36.0 Å². The summed E-state index contributed by atoms with van der Waals surface area (Å²) in [5.74, 6) is 1.54. The van der Waals surface area contributed by atoms with Crippen molar-refractivity contribution in [2.45, 2.75) is 39.3 Å². The molecule has 0 aromatic carbocycles. The molecule has 0 amide bonds. The first-order valence-corrected chi connectivity index (χ1v) is 8.62. The standard InChI is InChI=1S/C19H28N2O2/c1-19(2)15-7-6-14(18(19)9-15)12-23-13-17(22)11-20-10-16-5-3-4-8-21-16/h3-6,8,15,17-18,20,22H,7,9-13H2,1-2H3/t15-,17+,18+/m1/s1. The van der Waals surface area contributed by atoms with Crippen LogP contribution < -0.4 is 5.32 Å². The van der Waals surface area contributed by atoms with Gasteiger partial charge in [0.05, 0.1) is 25.0 Å². The van der Waals surface area contributed by atoms with Crippen molar-refractivity contribution in [3.8, 4) is 0 Å². The summed E-state index contributed by atoms with van der Waals surface area (Å²) < 4.78 is 5.75. The molecule has 1 saturated carbocycles. The molecular weight excluding hydrogens is 288 g/mol. The van der Waals surface area contributed by atoms with Crippen LogP contribution in [0.15, 0.2) is 36.0 Å². The summed E-state index contributed by atoms with van der Waals surface area (Å²) in [6.07, 6.45) is 6.16. The second-order valence-electron chi connectivity index (χ2n) is 7.44. The first-order chi connectivity index (χ1) is 11.1. The third-order valence-corrected chi connectivity index (χ3v) is 5.57. The van der Waals surface area contributed by atoms with Crippen molar-refractivity contribution in [2.75, 3.05) is 19.8 Å². The van der Waals surface area contributed by atoms with Gasteiger partial charge in [0.15, 0.2) is 0 Å². The number of aliphatic hydroxyl groups excluding tert-OH is 1. The number of nitrogens with zero attached hydrogens (tertiary/aromatic N) is 1. The van der Waals surface area contributed by atoms with Gasteiger partial charge in [0.1, 0.15) is 0 Å². The van der Waals surface area contributed by atoms with E-state index in [1.807, 2.05) is 18.2 Å². The molecule has 126 valence electrons. The Kier molecular flexibility index (Phi) is 5.14. The second-order valence-corrected chi connectivity index (χ2v) is 7.44. The van der Waals surface area contributed by atoms with E-state index >= 15 is 0 Å². The fourth-order valence-corrected chi connectivity index (χ4v) is 3.88. The third-order valence-electron chi connectivity index (χ3n) is 5.57. The van der Waals surface area contributed by atoms with E-state index in [0.717, 1.165) is 11.6 Å². The normalized spacial score (nSPS) is 26.3. The summed E-state index contributed by atoms with van der Waals surface area (Å²) in [5, 5.41) is 13.2. The molecule has 3 atom stereocenters. The zero-order valence-electron chi connectivity index (χ0n) is 14.2. The zero-order valence-corrected chi connectivity index (χ0v) is 14.2. The zero-order chi connectivity index (χ0) is 16.3. The molecule has 1 heterocycles. The number of fused-ring (bicyclic) bond motifs is 1. The lowest BCUT2D eigenvalue weighted by Crippen LogP contribution is -2.48. The van der Waals surface area contributed by atoms with Crippen LogP contribution in [0.2, 0.25) is 0 Å². The molecule has 1 aromatic heterocycles. The van der Waals surface area contributed by atoms with E-state index in [0.29, 0.717) is 37.6 Å². The van der Waals surface area contributed by atoms with E-state index in [1.165, 1.54) is 18.4 Å². The number of rotatable bonds is 8. The van der Waals surface area contributed by atoms with Gasteiger partial charge in [-0.1, -0.05) is 26.0 Å². The van der Waals surface area contributed by atoms with E-state index in [1.54, 1.807) is 6.20 Å². The lowest BCUT2D eigenvalue weighted by atomic mass is 9.49. The van der Waals surface area contributed by atoms with Crippen molar-refractivity contribution in [3.05, 3.63) is 41.7 Å². The van der Waals surface area contributed by atoms with Crippen LogP contribution in [-0.2, 0) is 11.3 Å². The number of allylic oxidation sites excluding steroid dienone is 1. The third kappa shape index (κ3) is 3.82. The van der Waals surface area contributed by atoms with Crippen LogP contribution in [0.25, 0.3) is 0 Å². The van der Waals surface area contributed by atoms with Gasteiger partial charge >= 0.3 is 0 Å². The molecule has 1 fully saturated rings. The first-order valence-electron chi connectivity index (χ1n) is 8.62. The predicted molar refractivity (Wildman–Crippen MR) is 90.8 cm³/mol. The molecule has 0 radical (unpaired) electrons. The second kappa shape index (κ2) is 7.12. The minimum Gasteiger partial charge on any atom is -0.389 e. The number of hydrogen-bond acceptors (Lipinski definition) is 4. The Morgan fingerprint density at radius 3 is 3.00 bits per heavy atom. The first kappa shape index (κ1) is 16.6. The maximum Gasteiger partial charge on any atom is 0.0897 e. The smallest absolute Gasteiger partial charge is 0.0897 e. The quantitative estimate of drug-likeness (QED) is 0.724. The molecule has 23 heavy (non-hydrogen) atoms. The van der Waals surface area contributed by atoms with E-state index in [-0.39, 0.29) is 0 Å². The van der Waals surface area contributed by atoms with Crippen LogP contribution in [0, 0.1) is 17.3 Å². The van der Waals surface area contributed by atoms with Gasteiger partial charge in [-0.05, 0) is 47.8 Å². The molecule has 3 aliphatic rings. The Morgan fingerprint density at radius 1 is 1.43 bits per heavy atom. The fourth-order valence-electron chi connectivity index (χ4n) is 3.88. The van der Waals surface area contributed by atoms with Crippen molar-refractivity contribution in [1.82, 2.24) is 10.3 Å². The molecule has 4 nitrogen and oxygen atoms in total. The summed E-state index contributed by atoms with van der Waals surface area (Å²) in [5.41, 5.74) is 2.86. The molecule has 1 aromatic rings. The van der Waals surface area contributed by atoms with Gasteiger partial charge in [-0.3, -0.25) is 4.98 Å². The van der Waals surface area contributed by atoms with E-state index in [4.69, 9.17) is 4.74 Å². The van der Waals surface area contributed by atoms with Crippen LogP contribution in [0.1, 0.15) is 32.4 Å². The molecule has 4 heteroatoms. The largest absolute Gasteiger partial charge is 0.389 e. The van der Waals surface area contributed by atoms with Gasteiger partial charge in [0, 0.05) is 19.3 Å². The Morgan fingerprint density at radius 2 is 2.30 bits per heavy atom. The van der Waals surface area contributed by atoms with Gasteiger partial charge in [0.25, 0.3) is 0 Å². The highest BCUT2D eigenvalue weighted by Gasteiger charge is 2.50. The average Bonchev–Trinajstić information content (AvgIpc) is 2.56. The Labute approximate surface area is 139 Å². The summed E-state index contributed by atoms with van der Waals surface area (Å²) in [4.78, 5) is 4.24. The number of nitrogens with one attached hydrogen (secondary N) is 1. The SMILES string of the molecule is CC1(C)[C@@H]2CC=C(COC[C@@H](O)CNCc3ccccn3)[C@@H]1C2. The maximum absolute atomic E-state index is 10.0. The van der Waals surface area contributed by atoms with Crippen LogP contribution in [0.5, 0.6) is 0 Å². The summed E-state index contributed by atoms with van der Waals surface area (Å²) in [6, 6.07) is 5.84. The van der Waals surface area contributed by atoms with Gasteiger partial charge in [-0.25, -0.2) is 0 Å². The Bertz CT molecular complexity index is 542. The summed E-state index contributed by atoms with van der Waals surface area (Å²) in [6.45, 7) is 6.97. The minimum atomic E-state index is -0.481. The van der Waals surface area contributed by atoms with Crippen molar-refractivity contribution >= 4 is 0 Å². The molecule has 0 unspecified atom stereocenters. The molecule has 2 N–H and O–H groups in total. The van der Waals surface area contributed by atoms with Crippen molar-refractivity contribution in [3.63, 3.8) is 0 Å². The van der Waals surface area contributed by atoms with Gasteiger partial charge in [0.2, 0.25) is 0 Å². The van der Waals surface area contributed by atoms with Gasteiger partial charge in [-0.15, -0.1) is 0 Å². The van der Waals surface area contributed by atoms with E-state index in [9.17, 15) is 5.11 Å². The highest BCUT2D eigenvalue weighted by molar-refractivity contribution is 5.23. The lowest BCUT2D eigenvalue weighted by Gasteiger charge is -2.56. The number of aliphatic hydroxyl groups is 1. The molecular formula is C19H28N2O2. The number of pyridine rings is 1. The monoisotopic (exact) mass is 316 g/mol. The van der Waals surface area contributed by atoms with Crippen molar-refractivity contribution in [1.29, 1.82) is 0 Å². The average molecular weight is 316 g/mol. The fraction of sp³-hybridized carbons (Fsp3) is 0.632. The molecule has 0 spiro atoms. The molecule has 0 aliphatic heterocycles. The Balaban J connectivity index is 1.32. The van der Waals surface area contributed by atoms with E-state index in [2.05, 4.69) is 30.2 Å². The molecule has 0 saturated heterocycles. The molecule has 4 rings (SSSR count). The lowest BCUT2D eigenvalue weighted by molar-refractivity contribution is -0.0235. The van der Waals surface area contributed by atoms with Crippen LogP contribution in [0.3, 0.4) is 0 Å². The summed E-state index contributed by atoms with van der Waals surface area (Å²) >= 11 is 0. The van der Waals surface area contributed by atoms with E-state index < -0.39 is 6.10 Å². The maximum atomic E-state index is 10.0. The van der Waals surface area contributed by atoms with Crippen molar-refractivity contribution < 1.29 is 9.84 Å². The topological polar surface area (TPSA) is 54.4 Å².